The predicted molar refractivity (Wildman–Crippen MR) is 91.3 cm³/mol. The fourth-order valence-corrected chi connectivity index (χ4v) is 1.40. The van der Waals surface area contributed by atoms with Gasteiger partial charge in [-0.15, -0.1) is 0 Å². The van der Waals surface area contributed by atoms with E-state index in [-0.39, 0.29) is 13.2 Å². The van der Waals surface area contributed by atoms with Crippen molar-refractivity contribution in [2.24, 2.45) is 0 Å². The maximum absolute atomic E-state index is 10.0. The summed E-state index contributed by atoms with van der Waals surface area (Å²) >= 11 is 0. The van der Waals surface area contributed by atoms with Crippen molar-refractivity contribution >= 4 is 31.2 Å². The molecule has 0 heterocycles. The van der Waals surface area contributed by atoms with E-state index in [1.807, 2.05) is 42.3 Å². The van der Waals surface area contributed by atoms with E-state index in [1.165, 1.54) is 0 Å². The van der Waals surface area contributed by atoms with Gasteiger partial charge in [-0.25, -0.2) is 8.37 Å². The minimum atomic E-state index is -5.17. The van der Waals surface area contributed by atoms with Gasteiger partial charge < -0.3 is 18.1 Å². The molecule has 0 rings (SSSR count). The van der Waals surface area contributed by atoms with E-state index < -0.39 is 31.2 Å². The van der Waals surface area contributed by atoms with Gasteiger partial charge in [-0.2, -0.15) is 16.8 Å². The van der Waals surface area contributed by atoms with E-state index in [0.717, 1.165) is 0 Å². The summed E-state index contributed by atoms with van der Waals surface area (Å²) in [4.78, 5) is 0. The molecule has 27 heavy (non-hydrogen) atoms. The first kappa shape index (κ1) is 31.2. The van der Waals surface area contributed by atoms with Crippen molar-refractivity contribution in [3.05, 3.63) is 0 Å². The van der Waals surface area contributed by atoms with Crippen molar-refractivity contribution in [1.29, 1.82) is 0 Å². The summed E-state index contributed by atoms with van der Waals surface area (Å²) < 4.78 is 100.0. The lowest BCUT2D eigenvalue weighted by molar-refractivity contribution is -0.870. The highest BCUT2D eigenvalue weighted by Gasteiger charge is 2.11. The Balaban J connectivity index is -0.000000344. The smallest absolute Gasteiger partial charge is 0.397 e. The number of likely N-dealkylation sites (N-methyl/N-ethyl adjacent to an activating group) is 2. The van der Waals surface area contributed by atoms with Crippen LogP contribution < -0.4 is 0 Å². The summed E-state index contributed by atoms with van der Waals surface area (Å²) in [6, 6.07) is 0. The molecular weight excluding hydrogens is 436 g/mol. The normalized spacial score (nSPS) is 13.1. The highest BCUT2D eigenvalue weighted by atomic mass is 32.3. The number of hydrogen-bond donors (Lipinski definition) is 2. The van der Waals surface area contributed by atoms with Crippen LogP contribution in [0.25, 0.3) is 0 Å². The van der Waals surface area contributed by atoms with Crippen molar-refractivity contribution in [2.75, 3.05) is 68.6 Å². The average molecular weight is 465 g/mol. The number of nitrogens with zero attached hydrogens (tertiary/aromatic N) is 2. The molecule has 0 saturated heterocycles. The molecule has 14 nitrogen and oxygen atoms in total. The average Bonchev–Trinajstić information content (AvgIpc) is 2.18. The topological polar surface area (TPSA) is 207 Å². The Hall–Kier alpha value is -0.470. The molecule has 0 amide bonds. The Kier molecular flexibility index (Phi) is 14.1. The zero-order valence-corrected chi connectivity index (χ0v) is 18.4. The predicted octanol–water partition coefficient (Wildman–Crippen LogP) is -2.31. The molecule has 0 aromatic carbocycles. The standard InChI is InChI=1S/2C5H13NO4S.H2O4S/c2*1-6(2,3)4-5-10-11(7,8)9;1-5(2,3)4/h2*4-5H2,1-3H3;(H2,1,2,3,4). The molecule has 17 heteroatoms. The Bertz CT molecular complexity index is 646. The Labute approximate surface area is 161 Å². The zero-order valence-electron chi connectivity index (χ0n) is 15.9. The van der Waals surface area contributed by atoms with Crippen molar-refractivity contribution in [2.45, 2.75) is 0 Å². The molecule has 0 fully saturated rings. The van der Waals surface area contributed by atoms with Gasteiger partial charge in [0.1, 0.15) is 26.3 Å². The molecule has 0 atom stereocenters. The van der Waals surface area contributed by atoms with Crippen LogP contribution in [0.1, 0.15) is 0 Å². The molecule has 168 valence electrons. The molecule has 0 radical (unpaired) electrons. The Morgan fingerprint density at radius 3 is 0.963 bits per heavy atom. The monoisotopic (exact) mass is 464 g/mol. The maximum atomic E-state index is 10.0. The Morgan fingerprint density at radius 2 is 0.852 bits per heavy atom. The van der Waals surface area contributed by atoms with Crippen LogP contribution in [0, 0.1) is 0 Å². The molecule has 0 aromatic rings. The van der Waals surface area contributed by atoms with Gasteiger partial charge in [0.05, 0.1) is 42.3 Å². The molecular formula is C10H28N2O12S3. The van der Waals surface area contributed by atoms with Crippen LogP contribution in [0.5, 0.6) is 0 Å². The van der Waals surface area contributed by atoms with Gasteiger partial charge in [0, 0.05) is 10.4 Å². The molecule has 0 spiro atoms. The molecule has 2 N–H and O–H groups in total. The second-order valence-corrected chi connectivity index (χ2v) is 9.93. The third-order valence-electron chi connectivity index (χ3n) is 1.99. The van der Waals surface area contributed by atoms with Crippen molar-refractivity contribution in [3.8, 4) is 0 Å². The van der Waals surface area contributed by atoms with E-state index in [0.29, 0.717) is 22.1 Å². The molecule has 0 aromatic heterocycles. The van der Waals surface area contributed by atoms with Crippen LogP contribution in [0.15, 0.2) is 0 Å². The lowest BCUT2D eigenvalue weighted by Crippen LogP contribution is -2.37. The summed E-state index contributed by atoms with van der Waals surface area (Å²) in [5.74, 6) is 0. The summed E-state index contributed by atoms with van der Waals surface area (Å²) in [6.07, 6.45) is 0. The molecule has 0 saturated carbocycles. The van der Waals surface area contributed by atoms with Gasteiger partial charge in [0.25, 0.3) is 0 Å². The van der Waals surface area contributed by atoms with Crippen LogP contribution >= 0.6 is 0 Å². The molecule has 0 aliphatic heterocycles. The second-order valence-electron chi connectivity index (χ2n) is 6.94. The van der Waals surface area contributed by atoms with Crippen LogP contribution in [0.4, 0.5) is 0 Å². The van der Waals surface area contributed by atoms with E-state index >= 15 is 0 Å². The van der Waals surface area contributed by atoms with Gasteiger partial charge in [-0.1, -0.05) is 0 Å². The third-order valence-corrected chi connectivity index (χ3v) is 2.92. The van der Waals surface area contributed by atoms with E-state index in [2.05, 4.69) is 8.37 Å². The second kappa shape index (κ2) is 12.2. The summed E-state index contributed by atoms with van der Waals surface area (Å²) in [5.41, 5.74) is 0. The maximum Gasteiger partial charge on any atom is 0.397 e. The first-order valence-corrected chi connectivity index (χ1v) is 11.0. The molecule has 0 aliphatic rings. The van der Waals surface area contributed by atoms with E-state index in [1.54, 1.807) is 0 Å². The lowest BCUT2D eigenvalue weighted by atomic mass is 10.5. The van der Waals surface area contributed by atoms with Gasteiger partial charge >= 0.3 is 20.8 Å². The van der Waals surface area contributed by atoms with Gasteiger partial charge in [-0.05, 0) is 0 Å². The van der Waals surface area contributed by atoms with E-state index in [9.17, 15) is 16.8 Å². The summed E-state index contributed by atoms with van der Waals surface area (Å²) in [6.45, 7) is 1.06. The summed E-state index contributed by atoms with van der Waals surface area (Å²) in [5, 5.41) is 0. The number of rotatable bonds is 8. The largest absolute Gasteiger partial charge is 0.759 e. The highest BCUT2D eigenvalue weighted by Crippen LogP contribution is 1.93. The minimum absolute atomic E-state index is 0.00231. The SMILES string of the molecule is C[N+](C)(C)CCOS(=O)(=O)O.C[N+](C)(C)CCOS(=O)(=O)O.O=S(=O)([O-])[O-]. The third kappa shape index (κ3) is 58.6. The highest BCUT2D eigenvalue weighted by molar-refractivity contribution is 7.81. The number of hydrogen-bond acceptors (Lipinski definition) is 10. The van der Waals surface area contributed by atoms with Gasteiger partial charge in [0.15, 0.2) is 0 Å². The fraction of sp³-hybridized carbons (Fsp3) is 1.00. The quantitative estimate of drug-likeness (QED) is 0.220. The van der Waals surface area contributed by atoms with Crippen LogP contribution in [0.3, 0.4) is 0 Å². The Morgan fingerprint density at radius 1 is 0.667 bits per heavy atom. The minimum Gasteiger partial charge on any atom is -0.759 e. The fourth-order valence-electron chi connectivity index (χ4n) is 0.833. The van der Waals surface area contributed by atoms with Crippen LogP contribution in [0.2, 0.25) is 0 Å². The lowest BCUT2D eigenvalue weighted by Gasteiger charge is -2.22. The molecule has 0 unspecified atom stereocenters. The van der Waals surface area contributed by atoms with Crippen molar-refractivity contribution < 1.29 is 60.8 Å². The molecule has 0 aliphatic carbocycles. The number of quaternary nitrogens is 2. The first-order valence-electron chi connectivity index (χ1n) is 6.92. The zero-order chi connectivity index (χ0) is 22.7. The first-order chi connectivity index (χ1) is 11.4. The van der Waals surface area contributed by atoms with Gasteiger partial charge in [0.2, 0.25) is 0 Å². The summed E-state index contributed by atoms with van der Waals surface area (Å²) in [7, 11) is -2.30. The van der Waals surface area contributed by atoms with Crippen LogP contribution in [-0.4, -0.2) is 121 Å². The van der Waals surface area contributed by atoms with Crippen molar-refractivity contribution in [1.82, 2.24) is 0 Å². The van der Waals surface area contributed by atoms with Crippen molar-refractivity contribution in [3.63, 3.8) is 0 Å². The molecule has 0 bridgehead atoms. The van der Waals surface area contributed by atoms with Gasteiger partial charge in [-0.3, -0.25) is 17.5 Å². The van der Waals surface area contributed by atoms with E-state index in [4.69, 9.17) is 26.6 Å². The van der Waals surface area contributed by atoms with Crippen LogP contribution in [-0.2, 0) is 39.6 Å².